The Labute approximate surface area is 386 Å². The zero-order chi connectivity index (χ0) is 45.1. The standard InChI is InChI=1S/C56H106O6/c1-4-7-10-13-16-19-21-23-25-27-29-30-32-34-37-40-43-46-49-55(58)61-52-53(51-60-54(57)48-45-42-39-36-18-15-12-9-6-3)62-56(59)50-47-44-41-38-35-33-31-28-26-24-22-20-17-14-11-8-5-2/h24,26,53H,4-23,25,27-52H2,1-3H3/b26-24-/t53-/m1/s1. The van der Waals surface area contributed by atoms with Crippen molar-refractivity contribution in [1.82, 2.24) is 0 Å². The maximum absolute atomic E-state index is 12.8. The van der Waals surface area contributed by atoms with Crippen LogP contribution in [0, 0.1) is 0 Å². The lowest BCUT2D eigenvalue weighted by Gasteiger charge is -2.18. The Balaban J connectivity index is 4.24. The highest BCUT2D eigenvalue weighted by Crippen LogP contribution is 2.17. The van der Waals surface area contributed by atoms with Gasteiger partial charge in [0.1, 0.15) is 13.2 Å². The number of rotatable bonds is 51. The molecule has 0 fully saturated rings. The molecule has 0 bridgehead atoms. The van der Waals surface area contributed by atoms with Crippen molar-refractivity contribution >= 4 is 17.9 Å². The molecule has 0 aliphatic rings. The van der Waals surface area contributed by atoms with Gasteiger partial charge in [-0.3, -0.25) is 14.4 Å². The van der Waals surface area contributed by atoms with E-state index < -0.39 is 6.10 Å². The van der Waals surface area contributed by atoms with Gasteiger partial charge in [-0.25, -0.2) is 0 Å². The van der Waals surface area contributed by atoms with E-state index in [0.29, 0.717) is 19.3 Å². The van der Waals surface area contributed by atoms with E-state index in [0.717, 1.165) is 57.8 Å². The molecule has 0 rings (SSSR count). The van der Waals surface area contributed by atoms with Crippen LogP contribution in [0.4, 0.5) is 0 Å². The third-order valence-corrected chi connectivity index (χ3v) is 12.5. The molecule has 0 spiro atoms. The minimum Gasteiger partial charge on any atom is -0.462 e. The summed E-state index contributed by atoms with van der Waals surface area (Å²) in [6.45, 7) is 6.66. The van der Waals surface area contributed by atoms with Crippen LogP contribution in [-0.4, -0.2) is 37.2 Å². The van der Waals surface area contributed by atoms with Crippen molar-refractivity contribution < 1.29 is 28.6 Å². The fraction of sp³-hybridized carbons (Fsp3) is 0.911. The lowest BCUT2D eigenvalue weighted by molar-refractivity contribution is -0.167. The summed E-state index contributed by atoms with van der Waals surface area (Å²) in [6.07, 6.45) is 57.8. The Hall–Kier alpha value is -1.85. The second kappa shape index (κ2) is 51.8. The van der Waals surface area contributed by atoms with Gasteiger partial charge in [-0.15, -0.1) is 0 Å². The predicted molar refractivity (Wildman–Crippen MR) is 266 cm³/mol. The summed E-state index contributed by atoms with van der Waals surface area (Å²) in [6, 6.07) is 0. The predicted octanol–water partition coefficient (Wildman–Crippen LogP) is 18.2. The molecule has 0 aromatic carbocycles. The molecule has 6 nitrogen and oxygen atoms in total. The molecule has 366 valence electrons. The van der Waals surface area contributed by atoms with Crippen molar-refractivity contribution in [2.75, 3.05) is 13.2 Å². The van der Waals surface area contributed by atoms with Gasteiger partial charge in [0.2, 0.25) is 0 Å². The molecule has 0 amide bonds. The molecule has 0 aromatic heterocycles. The number of esters is 3. The third-order valence-electron chi connectivity index (χ3n) is 12.5. The second-order valence-corrected chi connectivity index (χ2v) is 18.9. The van der Waals surface area contributed by atoms with Crippen LogP contribution in [0.1, 0.15) is 310 Å². The van der Waals surface area contributed by atoms with E-state index in [4.69, 9.17) is 14.2 Å². The van der Waals surface area contributed by atoms with Crippen LogP contribution < -0.4 is 0 Å². The van der Waals surface area contributed by atoms with Gasteiger partial charge in [0, 0.05) is 19.3 Å². The van der Waals surface area contributed by atoms with E-state index in [1.807, 2.05) is 0 Å². The first-order valence-corrected chi connectivity index (χ1v) is 27.7. The highest BCUT2D eigenvalue weighted by atomic mass is 16.6. The van der Waals surface area contributed by atoms with Crippen molar-refractivity contribution in [1.29, 1.82) is 0 Å². The Bertz CT molecular complexity index is 962. The lowest BCUT2D eigenvalue weighted by atomic mass is 10.0. The summed E-state index contributed by atoms with van der Waals surface area (Å²) >= 11 is 0. The summed E-state index contributed by atoms with van der Waals surface area (Å²) in [5, 5.41) is 0. The molecule has 6 heteroatoms. The Morgan fingerprint density at radius 2 is 0.532 bits per heavy atom. The Morgan fingerprint density at radius 3 is 0.806 bits per heavy atom. The maximum Gasteiger partial charge on any atom is 0.306 e. The second-order valence-electron chi connectivity index (χ2n) is 18.9. The van der Waals surface area contributed by atoms with Gasteiger partial charge in [-0.05, 0) is 44.9 Å². The molecule has 0 heterocycles. The highest BCUT2D eigenvalue weighted by Gasteiger charge is 2.19. The smallest absolute Gasteiger partial charge is 0.306 e. The minimum atomic E-state index is -0.765. The van der Waals surface area contributed by atoms with Crippen molar-refractivity contribution in [2.45, 2.75) is 316 Å². The van der Waals surface area contributed by atoms with Crippen LogP contribution in [0.3, 0.4) is 0 Å². The van der Waals surface area contributed by atoms with E-state index in [1.54, 1.807) is 0 Å². The summed E-state index contributed by atoms with van der Waals surface area (Å²) in [7, 11) is 0. The number of ether oxygens (including phenoxy) is 3. The average Bonchev–Trinajstić information content (AvgIpc) is 3.27. The first kappa shape index (κ1) is 60.2. The number of carbonyl (C=O) groups is 3. The molecule has 0 saturated carbocycles. The number of hydrogen-bond donors (Lipinski definition) is 0. The quantitative estimate of drug-likeness (QED) is 0.0262. The van der Waals surface area contributed by atoms with Gasteiger partial charge in [0.15, 0.2) is 6.10 Å². The summed E-state index contributed by atoms with van der Waals surface area (Å²) < 4.78 is 16.8. The molecule has 0 aliphatic heterocycles. The van der Waals surface area contributed by atoms with E-state index in [9.17, 15) is 14.4 Å². The lowest BCUT2D eigenvalue weighted by Crippen LogP contribution is -2.30. The van der Waals surface area contributed by atoms with Crippen molar-refractivity contribution in [2.24, 2.45) is 0 Å². The minimum absolute atomic E-state index is 0.0663. The zero-order valence-corrected chi connectivity index (χ0v) is 41.9. The first-order chi connectivity index (χ1) is 30.5. The SMILES string of the molecule is CCCCCCCC/C=C\CCCCCCCCCC(=O)O[C@H](COC(=O)CCCCCCCCCCC)COC(=O)CCCCCCCCCCCCCCCCCCCC. The van der Waals surface area contributed by atoms with Crippen LogP contribution in [0.2, 0.25) is 0 Å². The Morgan fingerprint density at radius 1 is 0.306 bits per heavy atom. The Kier molecular flexibility index (Phi) is 50.2. The topological polar surface area (TPSA) is 78.9 Å². The highest BCUT2D eigenvalue weighted by molar-refractivity contribution is 5.71. The molecule has 0 N–H and O–H groups in total. The largest absolute Gasteiger partial charge is 0.462 e. The van der Waals surface area contributed by atoms with Crippen LogP contribution >= 0.6 is 0 Å². The van der Waals surface area contributed by atoms with Crippen LogP contribution in [0.15, 0.2) is 12.2 Å². The molecule has 1 atom stereocenters. The van der Waals surface area contributed by atoms with Gasteiger partial charge in [-0.2, -0.15) is 0 Å². The molecular formula is C56H106O6. The van der Waals surface area contributed by atoms with Crippen LogP contribution in [-0.2, 0) is 28.6 Å². The summed E-state index contributed by atoms with van der Waals surface area (Å²) in [5.74, 6) is -0.853. The van der Waals surface area contributed by atoms with Gasteiger partial charge >= 0.3 is 17.9 Å². The molecule has 0 unspecified atom stereocenters. The summed E-state index contributed by atoms with van der Waals surface area (Å²) in [5.41, 5.74) is 0. The van der Waals surface area contributed by atoms with E-state index in [-0.39, 0.29) is 31.1 Å². The fourth-order valence-corrected chi connectivity index (χ4v) is 8.32. The van der Waals surface area contributed by atoms with Crippen LogP contribution in [0.5, 0.6) is 0 Å². The van der Waals surface area contributed by atoms with Crippen molar-refractivity contribution in [3.8, 4) is 0 Å². The first-order valence-electron chi connectivity index (χ1n) is 27.7. The normalized spacial score (nSPS) is 12.0. The van der Waals surface area contributed by atoms with Crippen LogP contribution in [0.25, 0.3) is 0 Å². The van der Waals surface area contributed by atoms with Gasteiger partial charge in [0.05, 0.1) is 0 Å². The third kappa shape index (κ3) is 49.2. The number of allylic oxidation sites excluding steroid dienone is 2. The summed E-state index contributed by atoms with van der Waals surface area (Å²) in [4.78, 5) is 38.0. The van der Waals surface area contributed by atoms with Gasteiger partial charge < -0.3 is 14.2 Å². The van der Waals surface area contributed by atoms with Gasteiger partial charge in [0.25, 0.3) is 0 Å². The molecule has 0 aromatic rings. The monoisotopic (exact) mass is 875 g/mol. The van der Waals surface area contributed by atoms with Gasteiger partial charge in [-0.1, -0.05) is 258 Å². The molecule has 0 aliphatic carbocycles. The number of hydrogen-bond acceptors (Lipinski definition) is 6. The fourth-order valence-electron chi connectivity index (χ4n) is 8.32. The van der Waals surface area contributed by atoms with Crippen molar-refractivity contribution in [3.63, 3.8) is 0 Å². The molecule has 62 heavy (non-hydrogen) atoms. The molecule has 0 radical (unpaired) electrons. The van der Waals surface area contributed by atoms with E-state index in [1.165, 1.54) is 212 Å². The molecular weight excluding hydrogens is 769 g/mol. The average molecular weight is 875 g/mol. The van der Waals surface area contributed by atoms with Crippen molar-refractivity contribution in [3.05, 3.63) is 12.2 Å². The van der Waals surface area contributed by atoms with E-state index in [2.05, 4.69) is 32.9 Å². The number of carbonyl (C=O) groups excluding carboxylic acids is 3. The maximum atomic E-state index is 12.8. The van der Waals surface area contributed by atoms with E-state index >= 15 is 0 Å². The molecule has 0 saturated heterocycles. The zero-order valence-electron chi connectivity index (χ0n) is 41.9. The number of unbranched alkanes of at least 4 members (excludes halogenated alkanes) is 38.